The molecule has 0 amide bonds. The van der Waals surface area contributed by atoms with Gasteiger partial charge in [-0.15, -0.1) is 0 Å². The fourth-order valence-corrected chi connectivity index (χ4v) is 2.65. The van der Waals surface area contributed by atoms with E-state index in [1.165, 1.54) is 10.6 Å². The quantitative estimate of drug-likeness (QED) is 0.772. The Morgan fingerprint density at radius 2 is 2.00 bits per heavy atom. The normalized spacial score (nSPS) is 12.8. The van der Waals surface area contributed by atoms with E-state index in [2.05, 4.69) is 4.98 Å². The number of benzene rings is 2. The van der Waals surface area contributed by atoms with Crippen molar-refractivity contribution in [1.82, 2.24) is 9.55 Å². The van der Waals surface area contributed by atoms with Gasteiger partial charge < -0.3 is 10.3 Å². The zero-order chi connectivity index (χ0) is 15.1. The number of halogens is 3. The highest BCUT2D eigenvalue weighted by Crippen LogP contribution is 2.30. The van der Waals surface area contributed by atoms with Gasteiger partial charge in [-0.2, -0.15) is 0 Å². The average Bonchev–Trinajstić information content (AvgIpc) is 2.79. The van der Waals surface area contributed by atoms with Gasteiger partial charge in [0, 0.05) is 5.02 Å². The molecule has 0 saturated carbocycles. The lowest BCUT2D eigenvalue weighted by atomic mass is 10.1. The van der Waals surface area contributed by atoms with Crippen LogP contribution in [0.4, 0.5) is 14.7 Å². The van der Waals surface area contributed by atoms with Crippen molar-refractivity contribution < 1.29 is 8.78 Å². The van der Waals surface area contributed by atoms with E-state index in [9.17, 15) is 8.78 Å². The molecular weight excluding hydrogens is 296 g/mol. The standard InChI is InChI=1S/C15H12ClF2N3/c1-8(9-3-2-4-10(16)7-9)21-14-12(20-15(21)19)6-5-11(17)13(14)18/h2-8H,1H3,(H2,19,20). The average molecular weight is 308 g/mol. The van der Waals surface area contributed by atoms with Gasteiger partial charge in [0.2, 0.25) is 5.95 Å². The van der Waals surface area contributed by atoms with Crippen LogP contribution < -0.4 is 5.73 Å². The van der Waals surface area contributed by atoms with Gasteiger partial charge in [-0.3, -0.25) is 0 Å². The van der Waals surface area contributed by atoms with Crippen LogP contribution in [0.1, 0.15) is 18.5 Å². The summed E-state index contributed by atoms with van der Waals surface area (Å²) in [6.07, 6.45) is 0. The SMILES string of the molecule is CC(c1cccc(Cl)c1)n1c(N)nc2ccc(F)c(F)c21. The van der Waals surface area contributed by atoms with Crippen LogP contribution in [0, 0.1) is 11.6 Å². The van der Waals surface area contributed by atoms with E-state index in [1.54, 1.807) is 18.2 Å². The van der Waals surface area contributed by atoms with Crippen molar-refractivity contribution >= 4 is 28.6 Å². The molecule has 1 unspecified atom stereocenters. The lowest BCUT2D eigenvalue weighted by molar-refractivity contribution is 0.509. The number of hydrogen-bond donors (Lipinski definition) is 1. The summed E-state index contributed by atoms with van der Waals surface area (Å²) in [5.74, 6) is -1.76. The van der Waals surface area contributed by atoms with Gasteiger partial charge in [0.1, 0.15) is 5.52 Å². The predicted octanol–water partition coefficient (Wildman–Crippen LogP) is 4.16. The van der Waals surface area contributed by atoms with Gasteiger partial charge in [-0.25, -0.2) is 13.8 Å². The highest BCUT2D eigenvalue weighted by Gasteiger charge is 2.20. The maximum Gasteiger partial charge on any atom is 0.201 e. The monoisotopic (exact) mass is 307 g/mol. The first kappa shape index (κ1) is 13.8. The summed E-state index contributed by atoms with van der Waals surface area (Å²) in [5.41, 5.74) is 7.08. The van der Waals surface area contributed by atoms with Crippen LogP contribution in [0.25, 0.3) is 11.0 Å². The van der Waals surface area contributed by atoms with Crippen molar-refractivity contribution in [1.29, 1.82) is 0 Å². The fourth-order valence-electron chi connectivity index (χ4n) is 2.45. The zero-order valence-electron chi connectivity index (χ0n) is 11.1. The van der Waals surface area contributed by atoms with Crippen molar-refractivity contribution in [3.05, 3.63) is 58.6 Å². The molecule has 0 radical (unpaired) electrons. The topological polar surface area (TPSA) is 43.8 Å². The summed E-state index contributed by atoms with van der Waals surface area (Å²) in [5, 5.41) is 0.564. The molecule has 1 atom stereocenters. The van der Waals surface area contributed by atoms with Gasteiger partial charge in [-0.05, 0) is 36.8 Å². The maximum absolute atomic E-state index is 14.1. The number of anilines is 1. The number of aromatic nitrogens is 2. The van der Waals surface area contributed by atoms with Crippen LogP contribution in [-0.4, -0.2) is 9.55 Å². The predicted molar refractivity (Wildman–Crippen MR) is 79.3 cm³/mol. The Kier molecular flexibility index (Phi) is 3.29. The Morgan fingerprint density at radius 3 is 2.71 bits per heavy atom. The lowest BCUT2D eigenvalue weighted by Crippen LogP contribution is -2.11. The molecule has 3 aromatic rings. The molecule has 0 saturated heterocycles. The van der Waals surface area contributed by atoms with E-state index in [1.807, 2.05) is 13.0 Å². The Hall–Kier alpha value is -2.14. The molecule has 0 fully saturated rings. The number of nitrogens with two attached hydrogens (primary N) is 1. The highest BCUT2D eigenvalue weighted by atomic mass is 35.5. The van der Waals surface area contributed by atoms with Gasteiger partial charge in [0.05, 0.1) is 11.6 Å². The largest absolute Gasteiger partial charge is 0.369 e. The first-order valence-electron chi connectivity index (χ1n) is 6.36. The lowest BCUT2D eigenvalue weighted by Gasteiger charge is -2.17. The Labute approximate surface area is 125 Å². The molecule has 3 nitrogen and oxygen atoms in total. The number of rotatable bonds is 2. The number of hydrogen-bond acceptors (Lipinski definition) is 2. The van der Waals surface area contributed by atoms with Gasteiger partial charge in [0.15, 0.2) is 11.6 Å². The molecule has 108 valence electrons. The summed E-state index contributed by atoms with van der Waals surface area (Å²) in [6, 6.07) is 9.26. The van der Waals surface area contributed by atoms with Crippen molar-refractivity contribution in [2.45, 2.75) is 13.0 Å². The minimum absolute atomic E-state index is 0.0555. The molecule has 2 aromatic carbocycles. The Balaban J connectivity index is 2.24. The summed E-state index contributed by atoms with van der Waals surface area (Å²) < 4.78 is 29.1. The van der Waals surface area contributed by atoms with Crippen LogP contribution in [0.2, 0.25) is 5.02 Å². The molecule has 3 rings (SSSR count). The third-order valence-electron chi connectivity index (χ3n) is 3.49. The van der Waals surface area contributed by atoms with Crippen molar-refractivity contribution in [2.75, 3.05) is 5.73 Å². The third kappa shape index (κ3) is 2.23. The number of nitrogens with zero attached hydrogens (tertiary/aromatic N) is 2. The van der Waals surface area contributed by atoms with E-state index in [-0.39, 0.29) is 17.5 Å². The van der Waals surface area contributed by atoms with Crippen LogP contribution >= 0.6 is 11.6 Å². The van der Waals surface area contributed by atoms with E-state index in [4.69, 9.17) is 17.3 Å². The van der Waals surface area contributed by atoms with Crippen LogP contribution in [0.3, 0.4) is 0 Å². The second-order valence-corrected chi connectivity index (χ2v) is 5.24. The second-order valence-electron chi connectivity index (χ2n) is 4.80. The summed E-state index contributed by atoms with van der Waals surface area (Å²) in [4.78, 5) is 4.09. The molecular formula is C15H12ClF2N3. The van der Waals surface area contributed by atoms with Crippen LogP contribution in [-0.2, 0) is 0 Å². The van der Waals surface area contributed by atoms with Crippen molar-refractivity contribution in [3.63, 3.8) is 0 Å². The summed E-state index contributed by atoms with van der Waals surface area (Å²) in [7, 11) is 0. The minimum atomic E-state index is -0.953. The van der Waals surface area contributed by atoms with E-state index in [0.29, 0.717) is 10.5 Å². The molecule has 2 N–H and O–H groups in total. The molecule has 0 aliphatic rings. The Morgan fingerprint density at radius 1 is 1.24 bits per heavy atom. The molecule has 0 spiro atoms. The Bertz CT molecular complexity index is 829. The molecule has 0 aliphatic carbocycles. The number of imidazole rings is 1. The van der Waals surface area contributed by atoms with Gasteiger partial charge >= 0.3 is 0 Å². The summed E-state index contributed by atoms with van der Waals surface area (Å²) >= 11 is 5.97. The number of nitrogen functional groups attached to an aromatic ring is 1. The summed E-state index contributed by atoms with van der Waals surface area (Å²) in [6.45, 7) is 1.83. The molecule has 1 heterocycles. The van der Waals surface area contributed by atoms with E-state index >= 15 is 0 Å². The molecule has 0 bridgehead atoms. The third-order valence-corrected chi connectivity index (χ3v) is 3.72. The molecule has 6 heteroatoms. The number of fused-ring (bicyclic) bond motifs is 1. The van der Waals surface area contributed by atoms with Gasteiger partial charge in [-0.1, -0.05) is 23.7 Å². The van der Waals surface area contributed by atoms with Crippen LogP contribution in [0.15, 0.2) is 36.4 Å². The minimum Gasteiger partial charge on any atom is -0.369 e. The zero-order valence-corrected chi connectivity index (χ0v) is 11.9. The molecule has 21 heavy (non-hydrogen) atoms. The maximum atomic E-state index is 14.1. The smallest absolute Gasteiger partial charge is 0.201 e. The van der Waals surface area contributed by atoms with Crippen molar-refractivity contribution in [3.8, 4) is 0 Å². The molecule has 0 aliphatic heterocycles. The second kappa shape index (κ2) is 5.00. The fraction of sp³-hybridized carbons (Fsp3) is 0.133. The van der Waals surface area contributed by atoms with E-state index < -0.39 is 11.6 Å². The van der Waals surface area contributed by atoms with Crippen molar-refractivity contribution in [2.24, 2.45) is 0 Å². The van der Waals surface area contributed by atoms with Crippen LogP contribution in [0.5, 0.6) is 0 Å². The van der Waals surface area contributed by atoms with E-state index in [0.717, 1.165) is 11.6 Å². The van der Waals surface area contributed by atoms with Gasteiger partial charge in [0.25, 0.3) is 0 Å². The molecule has 1 aromatic heterocycles. The first-order valence-corrected chi connectivity index (χ1v) is 6.73. The first-order chi connectivity index (χ1) is 9.99. The highest BCUT2D eigenvalue weighted by molar-refractivity contribution is 6.30.